The maximum absolute atomic E-state index is 14.9. The number of carbonyl (C=O) groups excluding carboxylic acids is 1. The Balaban J connectivity index is 1.46. The van der Waals surface area contributed by atoms with Gasteiger partial charge in [0.25, 0.3) is 0 Å². The van der Waals surface area contributed by atoms with Crippen LogP contribution in [-0.2, 0) is 20.8 Å². The van der Waals surface area contributed by atoms with Crippen LogP contribution >= 0.6 is 0 Å². The number of nitrogens with zero attached hydrogens (tertiary/aromatic N) is 4. The molecule has 0 saturated carbocycles. The first-order valence-electron chi connectivity index (χ1n) is 10.6. The molecule has 11 nitrogen and oxygen atoms in total. The topological polar surface area (TPSA) is 128 Å². The van der Waals surface area contributed by atoms with E-state index >= 15 is 0 Å². The van der Waals surface area contributed by atoms with E-state index in [9.17, 15) is 22.4 Å². The lowest BCUT2D eigenvalue weighted by Crippen LogP contribution is -2.36. The van der Waals surface area contributed by atoms with E-state index in [2.05, 4.69) is 35.5 Å². The van der Waals surface area contributed by atoms with E-state index in [0.29, 0.717) is 16.9 Å². The molecule has 1 amide bonds. The zero-order valence-electron chi connectivity index (χ0n) is 18.9. The molecule has 1 aliphatic rings. The summed E-state index contributed by atoms with van der Waals surface area (Å²) in [5.74, 6) is 0.460. The number of ether oxygens (including phenoxy) is 3. The summed E-state index contributed by atoms with van der Waals surface area (Å²) in [6.07, 6.45) is -6.42. The Bertz CT molecular complexity index is 1200. The highest BCUT2D eigenvalue weighted by molar-refractivity contribution is 5.67. The number of nitrogens with one attached hydrogen (secondary N) is 3. The van der Waals surface area contributed by atoms with Crippen LogP contribution in [0.5, 0.6) is 0 Å². The first-order chi connectivity index (χ1) is 16.5. The van der Waals surface area contributed by atoms with Gasteiger partial charge in [-0.3, -0.25) is 14.2 Å². The number of rotatable bonds is 7. The lowest BCUT2D eigenvalue weighted by molar-refractivity contribution is -0.330. The number of halogens is 4. The third kappa shape index (κ3) is 5.79. The average molecular weight is 501 g/mol. The largest absolute Gasteiger partial charge is 0.522 e. The Labute approximate surface area is 196 Å². The van der Waals surface area contributed by atoms with Crippen LogP contribution < -0.4 is 10.6 Å². The maximum atomic E-state index is 14.9. The summed E-state index contributed by atoms with van der Waals surface area (Å²) in [7, 11) is 0. The highest BCUT2D eigenvalue weighted by Crippen LogP contribution is 2.33. The van der Waals surface area contributed by atoms with Gasteiger partial charge in [0.1, 0.15) is 11.8 Å². The zero-order valence-corrected chi connectivity index (χ0v) is 18.9. The van der Waals surface area contributed by atoms with Gasteiger partial charge in [-0.05, 0) is 20.8 Å². The van der Waals surface area contributed by atoms with E-state index < -0.39 is 37.4 Å². The highest BCUT2D eigenvalue weighted by atomic mass is 19.4. The van der Waals surface area contributed by atoms with Crippen molar-refractivity contribution in [2.75, 3.05) is 11.9 Å². The van der Waals surface area contributed by atoms with Gasteiger partial charge in [0, 0.05) is 30.1 Å². The second-order valence-electron chi connectivity index (χ2n) is 8.20. The molecular weight excluding hydrogens is 478 g/mol. The van der Waals surface area contributed by atoms with Crippen LogP contribution in [0.2, 0.25) is 0 Å². The first-order valence-corrected chi connectivity index (χ1v) is 10.6. The van der Waals surface area contributed by atoms with Crippen molar-refractivity contribution in [2.45, 2.75) is 58.2 Å². The molecule has 0 aliphatic carbocycles. The van der Waals surface area contributed by atoms with E-state index in [4.69, 9.17) is 9.47 Å². The van der Waals surface area contributed by atoms with E-state index in [0.717, 1.165) is 0 Å². The number of carbonyl (C=O) groups is 1. The quantitative estimate of drug-likeness (QED) is 0.420. The number of alkyl carbamates (subject to hydrolysis) is 1. The summed E-state index contributed by atoms with van der Waals surface area (Å²) in [4.78, 5) is 20.2. The number of anilines is 2. The standard InChI is InChI=1S/C20H23F4N7O4/c1-9(2)26-19(32)35-13-8-33-16(15(13)21)12-4-14(30-29-12)28-18-25-5-10(3)17-27-11(6-31(17)18)7-34-20(22,23)24/h4-6,9,13,15-16H,7-8H2,1-3H3,(H,26,32)(H2,25,28,29,30)/t13-,15+,16-/m0/s1. The van der Waals surface area contributed by atoms with Gasteiger partial charge in [-0.1, -0.05) is 0 Å². The molecule has 0 radical (unpaired) electrons. The number of aromatic amines is 1. The van der Waals surface area contributed by atoms with E-state index in [1.54, 1.807) is 20.8 Å². The molecule has 3 N–H and O–H groups in total. The second kappa shape index (κ2) is 9.65. The number of fused-ring (bicyclic) bond motifs is 1. The van der Waals surface area contributed by atoms with Crippen molar-refractivity contribution >= 4 is 23.5 Å². The Morgan fingerprint density at radius 3 is 2.89 bits per heavy atom. The van der Waals surface area contributed by atoms with Crippen LogP contribution in [0.3, 0.4) is 0 Å². The maximum Gasteiger partial charge on any atom is 0.522 e. The number of imidazole rings is 1. The highest BCUT2D eigenvalue weighted by Gasteiger charge is 2.42. The van der Waals surface area contributed by atoms with Crippen molar-refractivity contribution in [3.8, 4) is 0 Å². The molecule has 1 fully saturated rings. The summed E-state index contributed by atoms with van der Waals surface area (Å²) in [6.45, 7) is 4.32. The number of alkyl halides is 4. The first kappa shape index (κ1) is 24.7. The van der Waals surface area contributed by atoms with E-state index in [1.165, 1.54) is 22.9 Å². The second-order valence-corrected chi connectivity index (χ2v) is 8.20. The van der Waals surface area contributed by atoms with Gasteiger partial charge in [-0.15, -0.1) is 13.2 Å². The Kier molecular flexibility index (Phi) is 6.80. The molecule has 0 bridgehead atoms. The number of hydrogen-bond donors (Lipinski definition) is 3. The number of aryl methyl sites for hydroxylation is 1. The van der Waals surface area contributed by atoms with Crippen LogP contribution in [0.25, 0.3) is 5.65 Å². The van der Waals surface area contributed by atoms with E-state index in [1.807, 2.05) is 0 Å². The molecule has 1 saturated heterocycles. The van der Waals surface area contributed by atoms with Crippen molar-refractivity contribution in [3.63, 3.8) is 0 Å². The van der Waals surface area contributed by atoms with Gasteiger partial charge in [0.15, 0.2) is 18.1 Å². The fraction of sp³-hybridized carbons (Fsp3) is 0.500. The Morgan fingerprint density at radius 2 is 2.17 bits per heavy atom. The Hall–Kier alpha value is -3.46. The number of aromatic nitrogens is 5. The van der Waals surface area contributed by atoms with Gasteiger partial charge in [-0.25, -0.2) is 19.2 Å². The molecule has 190 valence electrons. The summed E-state index contributed by atoms with van der Waals surface area (Å²) in [5, 5.41) is 12.2. The van der Waals surface area contributed by atoms with Crippen LogP contribution in [-0.4, -0.2) is 61.9 Å². The van der Waals surface area contributed by atoms with Gasteiger partial charge in [0.2, 0.25) is 5.95 Å². The third-order valence-electron chi connectivity index (χ3n) is 4.99. The minimum absolute atomic E-state index is 0.0522. The van der Waals surface area contributed by atoms with Crippen LogP contribution in [0, 0.1) is 6.92 Å². The fourth-order valence-electron chi connectivity index (χ4n) is 3.47. The van der Waals surface area contributed by atoms with Crippen molar-refractivity contribution < 1.29 is 36.6 Å². The van der Waals surface area contributed by atoms with Crippen molar-refractivity contribution in [1.82, 2.24) is 29.9 Å². The van der Waals surface area contributed by atoms with Gasteiger partial charge >= 0.3 is 12.5 Å². The predicted molar refractivity (Wildman–Crippen MR) is 113 cm³/mol. The molecular formula is C20H23F4N7O4. The van der Waals surface area contributed by atoms with Crippen LogP contribution in [0.15, 0.2) is 18.5 Å². The van der Waals surface area contributed by atoms with Crippen molar-refractivity contribution in [3.05, 3.63) is 35.4 Å². The van der Waals surface area contributed by atoms with Gasteiger partial charge in [-0.2, -0.15) is 5.10 Å². The summed E-state index contributed by atoms with van der Waals surface area (Å²) >= 11 is 0. The molecule has 0 aromatic carbocycles. The minimum atomic E-state index is -4.78. The zero-order chi connectivity index (χ0) is 25.3. The number of amides is 1. The molecule has 1 aliphatic heterocycles. The van der Waals surface area contributed by atoms with Crippen LogP contribution in [0.4, 0.5) is 34.1 Å². The summed E-state index contributed by atoms with van der Waals surface area (Å²) < 4.78 is 67.9. The molecule has 3 atom stereocenters. The summed E-state index contributed by atoms with van der Waals surface area (Å²) in [5.41, 5.74) is 1.35. The smallest absolute Gasteiger partial charge is 0.441 e. The lowest BCUT2D eigenvalue weighted by atomic mass is 10.1. The molecule has 3 aromatic heterocycles. The van der Waals surface area contributed by atoms with E-state index in [-0.39, 0.29) is 30.1 Å². The minimum Gasteiger partial charge on any atom is -0.441 e. The Morgan fingerprint density at radius 1 is 1.40 bits per heavy atom. The molecule has 0 unspecified atom stereocenters. The molecule has 4 rings (SSSR count). The SMILES string of the molecule is Cc1cnc(Nc2cc([C@@H]3OC[C@H](OC(=O)NC(C)C)[C@H]3F)[nH]n2)n2cc(COC(F)(F)F)nc12. The molecule has 15 heteroatoms. The third-order valence-corrected chi connectivity index (χ3v) is 4.99. The summed E-state index contributed by atoms with van der Waals surface area (Å²) in [6, 6.07) is 1.33. The van der Waals surface area contributed by atoms with Crippen molar-refractivity contribution in [1.29, 1.82) is 0 Å². The number of hydrogen-bond acceptors (Lipinski definition) is 8. The lowest BCUT2D eigenvalue weighted by Gasteiger charge is -2.16. The van der Waals surface area contributed by atoms with Crippen LogP contribution in [0.1, 0.15) is 36.9 Å². The molecule has 0 spiro atoms. The molecule has 3 aromatic rings. The number of H-pyrrole nitrogens is 1. The van der Waals surface area contributed by atoms with Crippen molar-refractivity contribution in [2.24, 2.45) is 0 Å². The molecule has 35 heavy (non-hydrogen) atoms. The average Bonchev–Trinajstić information content (AvgIpc) is 3.47. The normalized spacial score (nSPS) is 20.5. The van der Waals surface area contributed by atoms with Gasteiger partial charge < -0.3 is 20.1 Å². The molecule has 4 heterocycles. The fourth-order valence-corrected chi connectivity index (χ4v) is 3.47. The predicted octanol–water partition coefficient (Wildman–Crippen LogP) is 3.45. The van der Waals surface area contributed by atoms with Gasteiger partial charge in [0.05, 0.1) is 24.6 Å². The monoisotopic (exact) mass is 501 g/mol.